The molecule has 0 aromatic heterocycles. The Morgan fingerprint density at radius 3 is 2.87 bits per heavy atom. The number of allylic oxidation sites excluding steroid dienone is 3. The van der Waals surface area contributed by atoms with Gasteiger partial charge in [0.05, 0.1) is 4.91 Å². The SMILES string of the molecule is C=C1/C=C\N=C/C(C)C/C=C\1S(=O)(=O)O. The van der Waals surface area contributed by atoms with Crippen LogP contribution in [0.1, 0.15) is 13.3 Å². The molecule has 1 aliphatic rings. The van der Waals surface area contributed by atoms with Crippen molar-refractivity contribution < 1.29 is 13.0 Å². The van der Waals surface area contributed by atoms with Crippen LogP contribution >= 0.6 is 0 Å². The van der Waals surface area contributed by atoms with Gasteiger partial charge < -0.3 is 0 Å². The summed E-state index contributed by atoms with van der Waals surface area (Å²) in [6, 6.07) is 0. The van der Waals surface area contributed by atoms with E-state index >= 15 is 0 Å². The molecule has 0 fully saturated rings. The highest BCUT2D eigenvalue weighted by Gasteiger charge is 2.16. The molecule has 0 aromatic carbocycles. The smallest absolute Gasteiger partial charge is 0.282 e. The lowest BCUT2D eigenvalue weighted by molar-refractivity contribution is 0.491. The van der Waals surface area contributed by atoms with Gasteiger partial charge in [-0.15, -0.1) is 0 Å². The molecule has 1 aliphatic heterocycles. The monoisotopic (exact) mass is 227 g/mol. The van der Waals surface area contributed by atoms with Crippen LogP contribution in [0.15, 0.2) is 40.4 Å². The fourth-order valence-electron chi connectivity index (χ4n) is 1.17. The first-order chi connectivity index (χ1) is 6.91. The molecule has 0 amide bonds. The molecule has 15 heavy (non-hydrogen) atoms. The normalized spacial score (nSPS) is 30.7. The van der Waals surface area contributed by atoms with Crippen molar-refractivity contribution in [3.63, 3.8) is 0 Å². The molecule has 5 heteroatoms. The average molecular weight is 227 g/mol. The molecule has 1 N–H and O–H groups in total. The average Bonchev–Trinajstić information content (AvgIpc) is 2.16. The molecule has 4 nitrogen and oxygen atoms in total. The van der Waals surface area contributed by atoms with Crippen LogP contribution in [0.25, 0.3) is 0 Å². The molecule has 82 valence electrons. The fraction of sp³-hybridized carbons (Fsp3) is 0.300. The molecule has 1 heterocycles. The topological polar surface area (TPSA) is 66.7 Å². The summed E-state index contributed by atoms with van der Waals surface area (Å²) in [4.78, 5) is 3.82. The van der Waals surface area contributed by atoms with Crippen LogP contribution in [0.4, 0.5) is 0 Å². The Labute approximate surface area is 89.5 Å². The van der Waals surface area contributed by atoms with Gasteiger partial charge in [0, 0.05) is 12.4 Å². The maximum atomic E-state index is 11.0. The van der Waals surface area contributed by atoms with Crippen molar-refractivity contribution in [1.82, 2.24) is 0 Å². The molecular formula is C10H13NO3S. The highest BCUT2D eigenvalue weighted by Crippen LogP contribution is 2.19. The van der Waals surface area contributed by atoms with Crippen molar-refractivity contribution in [2.45, 2.75) is 13.3 Å². The summed E-state index contributed by atoms with van der Waals surface area (Å²) in [6.07, 6.45) is 6.59. The zero-order valence-electron chi connectivity index (χ0n) is 8.42. The number of rotatable bonds is 1. The molecule has 0 radical (unpaired) electrons. The zero-order valence-corrected chi connectivity index (χ0v) is 9.24. The Morgan fingerprint density at radius 2 is 2.27 bits per heavy atom. The number of hydrogen-bond acceptors (Lipinski definition) is 3. The minimum Gasteiger partial charge on any atom is -0.282 e. The number of aliphatic imine (C=N–C) groups is 1. The van der Waals surface area contributed by atoms with Gasteiger partial charge in [0.25, 0.3) is 10.1 Å². The van der Waals surface area contributed by atoms with Crippen molar-refractivity contribution >= 4 is 16.3 Å². The molecule has 1 unspecified atom stereocenters. The van der Waals surface area contributed by atoms with E-state index in [4.69, 9.17) is 4.55 Å². The highest BCUT2D eigenvalue weighted by atomic mass is 32.2. The van der Waals surface area contributed by atoms with Crippen LogP contribution in [0, 0.1) is 5.92 Å². The van der Waals surface area contributed by atoms with Crippen LogP contribution in [-0.2, 0) is 10.1 Å². The summed E-state index contributed by atoms with van der Waals surface area (Å²) < 4.78 is 31.0. The van der Waals surface area contributed by atoms with Gasteiger partial charge in [0.2, 0.25) is 0 Å². The number of hydrogen-bond donors (Lipinski definition) is 1. The molecule has 0 spiro atoms. The standard InChI is InChI=1S/C10H13NO3S/c1-8-3-4-10(15(12,13)14)9(2)5-6-11-7-8/h4-8H,2-3H2,1H3,(H,12,13,14)/b6-5-,10-4+,11-7-. The summed E-state index contributed by atoms with van der Waals surface area (Å²) in [5.74, 6) is 0.122. The predicted molar refractivity (Wildman–Crippen MR) is 60.2 cm³/mol. The predicted octanol–water partition coefficient (Wildman–Crippen LogP) is 1.94. The Kier molecular flexibility index (Phi) is 3.60. The lowest BCUT2D eigenvalue weighted by atomic mass is 10.1. The van der Waals surface area contributed by atoms with Gasteiger partial charge in [-0.1, -0.05) is 19.6 Å². The lowest BCUT2D eigenvalue weighted by Crippen LogP contribution is -2.04. The highest BCUT2D eigenvalue weighted by molar-refractivity contribution is 7.90. The molecular weight excluding hydrogens is 214 g/mol. The molecule has 1 atom stereocenters. The Morgan fingerprint density at radius 1 is 1.60 bits per heavy atom. The summed E-state index contributed by atoms with van der Waals surface area (Å²) in [5, 5.41) is 0. The van der Waals surface area contributed by atoms with E-state index in [0.29, 0.717) is 6.42 Å². The van der Waals surface area contributed by atoms with Gasteiger partial charge in [0.1, 0.15) is 0 Å². The van der Waals surface area contributed by atoms with Gasteiger partial charge in [-0.3, -0.25) is 9.55 Å². The van der Waals surface area contributed by atoms with Crippen molar-refractivity contribution in [3.8, 4) is 0 Å². The Hall–Kier alpha value is -1.20. The van der Waals surface area contributed by atoms with Crippen molar-refractivity contribution in [1.29, 1.82) is 0 Å². The summed E-state index contributed by atoms with van der Waals surface area (Å²) in [5.41, 5.74) is 0.240. The van der Waals surface area contributed by atoms with Gasteiger partial charge in [-0.25, -0.2) is 0 Å². The third-order valence-electron chi connectivity index (χ3n) is 1.97. The van der Waals surface area contributed by atoms with Crippen LogP contribution in [0.3, 0.4) is 0 Å². The van der Waals surface area contributed by atoms with Gasteiger partial charge in [-0.2, -0.15) is 8.42 Å². The van der Waals surface area contributed by atoms with Gasteiger partial charge in [-0.05, 0) is 24.0 Å². The van der Waals surface area contributed by atoms with E-state index in [0.717, 1.165) is 0 Å². The second-order valence-electron chi connectivity index (χ2n) is 3.40. The third-order valence-corrected chi connectivity index (χ3v) is 2.96. The van der Waals surface area contributed by atoms with Crippen molar-refractivity contribution in [2.24, 2.45) is 10.9 Å². The number of nitrogens with zero attached hydrogens (tertiary/aromatic N) is 1. The largest absolute Gasteiger partial charge is 0.294 e. The van der Waals surface area contributed by atoms with Gasteiger partial charge in [0.15, 0.2) is 0 Å². The second-order valence-corrected chi connectivity index (χ2v) is 4.79. The first-order valence-electron chi connectivity index (χ1n) is 4.48. The van der Waals surface area contributed by atoms with Gasteiger partial charge >= 0.3 is 0 Å². The van der Waals surface area contributed by atoms with Crippen LogP contribution < -0.4 is 0 Å². The van der Waals surface area contributed by atoms with Crippen molar-refractivity contribution in [2.75, 3.05) is 0 Å². The minimum absolute atomic E-state index is 0.122. The fourth-order valence-corrected chi connectivity index (χ4v) is 1.87. The van der Waals surface area contributed by atoms with E-state index in [1.165, 1.54) is 18.4 Å². The summed E-state index contributed by atoms with van der Waals surface area (Å²) in [7, 11) is -4.20. The van der Waals surface area contributed by atoms with E-state index in [9.17, 15) is 8.42 Å². The van der Waals surface area contributed by atoms with E-state index in [2.05, 4.69) is 11.6 Å². The van der Waals surface area contributed by atoms with E-state index in [1.807, 2.05) is 6.92 Å². The lowest BCUT2D eigenvalue weighted by Gasteiger charge is -2.04. The van der Waals surface area contributed by atoms with E-state index in [1.54, 1.807) is 6.21 Å². The Balaban J connectivity index is 3.14. The summed E-state index contributed by atoms with van der Waals surface area (Å²) in [6.45, 7) is 5.47. The molecule has 0 aromatic rings. The molecule has 0 saturated heterocycles. The molecule has 1 rings (SSSR count). The maximum Gasteiger partial charge on any atom is 0.294 e. The minimum atomic E-state index is -4.20. The third kappa shape index (κ3) is 3.45. The zero-order chi connectivity index (χ0) is 11.5. The van der Waals surface area contributed by atoms with Crippen molar-refractivity contribution in [3.05, 3.63) is 35.4 Å². The van der Waals surface area contributed by atoms with Crippen LogP contribution in [0.2, 0.25) is 0 Å². The molecule has 0 saturated carbocycles. The van der Waals surface area contributed by atoms with E-state index < -0.39 is 10.1 Å². The second kappa shape index (κ2) is 4.55. The molecule has 0 bridgehead atoms. The van der Waals surface area contributed by atoms with E-state index in [-0.39, 0.29) is 16.4 Å². The maximum absolute atomic E-state index is 11.0. The first kappa shape index (κ1) is 11.9. The Bertz CT molecular complexity index is 443. The first-order valence-corrected chi connectivity index (χ1v) is 5.92. The molecule has 0 aliphatic carbocycles. The quantitative estimate of drug-likeness (QED) is 0.696. The van der Waals surface area contributed by atoms with Crippen LogP contribution in [-0.4, -0.2) is 19.2 Å². The van der Waals surface area contributed by atoms with Crippen LogP contribution in [0.5, 0.6) is 0 Å². The summed E-state index contributed by atoms with van der Waals surface area (Å²) >= 11 is 0.